The highest BCUT2D eigenvalue weighted by Crippen LogP contribution is 2.30. The molecular weight excluding hydrogens is 314 g/mol. The van der Waals surface area contributed by atoms with Gasteiger partial charge in [-0.1, -0.05) is 47.6 Å². The lowest BCUT2D eigenvalue weighted by Crippen LogP contribution is -2.37. The molecule has 1 atom stereocenters. The van der Waals surface area contributed by atoms with Gasteiger partial charge in [0, 0.05) is 12.1 Å². The minimum Gasteiger partial charge on any atom is -0.394 e. The number of nitrogens with zero attached hydrogens (tertiary/aromatic N) is 3. The van der Waals surface area contributed by atoms with Crippen molar-refractivity contribution in [2.45, 2.75) is 25.9 Å². The number of aliphatic hydroxyl groups is 1. The van der Waals surface area contributed by atoms with Crippen LogP contribution >= 0.6 is 0 Å². The summed E-state index contributed by atoms with van der Waals surface area (Å²) in [7, 11) is 0. The lowest BCUT2D eigenvalue weighted by atomic mass is 9.93. The van der Waals surface area contributed by atoms with E-state index in [1.54, 1.807) is 0 Å². The van der Waals surface area contributed by atoms with E-state index < -0.39 is 0 Å². The highest BCUT2D eigenvalue weighted by atomic mass is 16.5. The second kappa shape index (κ2) is 6.78. The molecule has 1 aromatic heterocycles. The number of aromatic nitrogens is 2. The number of benzene rings is 2. The minimum atomic E-state index is -0.0228. The zero-order valence-corrected chi connectivity index (χ0v) is 14.2. The van der Waals surface area contributed by atoms with Crippen LogP contribution in [0.1, 0.15) is 28.6 Å². The monoisotopic (exact) mass is 335 g/mol. The number of aliphatic hydroxyl groups excluding tert-OH is 1. The highest BCUT2D eigenvalue weighted by Gasteiger charge is 2.27. The van der Waals surface area contributed by atoms with Crippen LogP contribution in [0.3, 0.4) is 0 Å². The molecule has 1 unspecified atom stereocenters. The van der Waals surface area contributed by atoms with Gasteiger partial charge in [0.05, 0.1) is 19.2 Å². The van der Waals surface area contributed by atoms with Crippen molar-refractivity contribution < 1.29 is 9.63 Å². The average molecular weight is 335 g/mol. The molecule has 25 heavy (non-hydrogen) atoms. The molecule has 0 fully saturated rings. The number of rotatable bonds is 4. The molecule has 5 heteroatoms. The van der Waals surface area contributed by atoms with Crippen molar-refractivity contribution >= 4 is 0 Å². The van der Waals surface area contributed by atoms with E-state index in [0.29, 0.717) is 18.3 Å². The Bertz CT molecular complexity index is 875. The van der Waals surface area contributed by atoms with Crippen LogP contribution < -0.4 is 0 Å². The van der Waals surface area contributed by atoms with Crippen LogP contribution in [0.15, 0.2) is 53.1 Å². The van der Waals surface area contributed by atoms with Crippen molar-refractivity contribution in [3.05, 3.63) is 71.0 Å². The highest BCUT2D eigenvalue weighted by molar-refractivity contribution is 5.57. The Labute approximate surface area is 146 Å². The smallest absolute Gasteiger partial charge is 0.258 e. The van der Waals surface area contributed by atoms with E-state index >= 15 is 0 Å². The van der Waals surface area contributed by atoms with Crippen LogP contribution in [0.4, 0.5) is 0 Å². The second-order valence-electron chi connectivity index (χ2n) is 6.45. The molecular formula is C20H21N3O2. The second-order valence-corrected chi connectivity index (χ2v) is 6.45. The van der Waals surface area contributed by atoms with Crippen LogP contribution in [0.25, 0.3) is 11.5 Å². The fraction of sp³-hybridized carbons (Fsp3) is 0.300. The maximum Gasteiger partial charge on any atom is 0.258 e. The number of aryl methyl sites for hydroxylation is 1. The van der Waals surface area contributed by atoms with Crippen molar-refractivity contribution in [2.75, 3.05) is 13.2 Å². The summed E-state index contributed by atoms with van der Waals surface area (Å²) in [6.45, 7) is 3.55. The summed E-state index contributed by atoms with van der Waals surface area (Å²) in [5.41, 5.74) is 4.58. The summed E-state index contributed by atoms with van der Waals surface area (Å²) in [5, 5.41) is 14.0. The van der Waals surface area contributed by atoms with E-state index in [2.05, 4.69) is 33.2 Å². The predicted molar refractivity (Wildman–Crippen MR) is 94.9 cm³/mol. The maximum absolute atomic E-state index is 9.90. The lowest BCUT2D eigenvalue weighted by molar-refractivity contribution is 0.105. The van der Waals surface area contributed by atoms with E-state index in [1.807, 2.05) is 37.3 Å². The number of fused-ring (bicyclic) bond motifs is 1. The number of hydrogen-bond acceptors (Lipinski definition) is 5. The molecule has 0 saturated carbocycles. The van der Waals surface area contributed by atoms with Gasteiger partial charge in [0.2, 0.25) is 0 Å². The first kappa shape index (κ1) is 16.0. The van der Waals surface area contributed by atoms with Gasteiger partial charge in [-0.15, -0.1) is 0 Å². The molecule has 3 aromatic rings. The SMILES string of the molecule is Cc1ccccc1-c1nc(CN2CCc3ccccc3C2CO)no1. The Balaban J connectivity index is 1.56. The normalized spacial score (nSPS) is 17.4. The molecule has 0 saturated heterocycles. The van der Waals surface area contributed by atoms with Crippen LogP contribution in [-0.4, -0.2) is 33.3 Å². The third-order valence-corrected chi connectivity index (χ3v) is 4.88. The van der Waals surface area contributed by atoms with Crippen LogP contribution in [0.2, 0.25) is 0 Å². The Morgan fingerprint density at radius 1 is 1.16 bits per heavy atom. The fourth-order valence-electron chi connectivity index (χ4n) is 3.53. The van der Waals surface area contributed by atoms with Gasteiger partial charge in [-0.05, 0) is 36.1 Å². The van der Waals surface area contributed by atoms with Gasteiger partial charge in [-0.25, -0.2) is 0 Å². The molecule has 2 heterocycles. The Kier molecular flexibility index (Phi) is 4.34. The summed E-state index contributed by atoms with van der Waals surface area (Å²) in [4.78, 5) is 6.78. The van der Waals surface area contributed by atoms with E-state index in [-0.39, 0.29) is 12.6 Å². The minimum absolute atomic E-state index is 0.0228. The molecule has 0 amide bonds. The molecule has 1 aliphatic heterocycles. The van der Waals surface area contributed by atoms with E-state index in [9.17, 15) is 5.11 Å². The molecule has 0 aliphatic carbocycles. The first-order chi connectivity index (χ1) is 12.3. The van der Waals surface area contributed by atoms with Gasteiger partial charge in [0.15, 0.2) is 5.82 Å². The molecule has 0 spiro atoms. The van der Waals surface area contributed by atoms with Gasteiger partial charge in [0.25, 0.3) is 5.89 Å². The summed E-state index contributed by atoms with van der Waals surface area (Å²) < 4.78 is 5.46. The summed E-state index contributed by atoms with van der Waals surface area (Å²) in [6, 6.07) is 16.3. The zero-order valence-electron chi connectivity index (χ0n) is 14.2. The molecule has 0 bridgehead atoms. The summed E-state index contributed by atoms with van der Waals surface area (Å²) in [5.74, 6) is 1.20. The lowest BCUT2D eigenvalue weighted by Gasteiger charge is -2.35. The molecule has 5 nitrogen and oxygen atoms in total. The van der Waals surface area contributed by atoms with E-state index in [1.165, 1.54) is 11.1 Å². The quantitative estimate of drug-likeness (QED) is 0.794. The summed E-state index contributed by atoms with van der Waals surface area (Å²) >= 11 is 0. The third-order valence-electron chi connectivity index (χ3n) is 4.88. The van der Waals surface area contributed by atoms with Crippen molar-refractivity contribution in [1.29, 1.82) is 0 Å². The Hall–Kier alpha value is -2.50. The first-order valence-corrected chi connectivity index (χ1v) is 8.57. The standard InChI is InChI=1S/C20H21N3O2/c1-14-6-2-4-8-16(14)20-21-19(22-25-20)12-23-11-10-15-7-3-5-9-17(15)18(23)13-24/h2-9,18,24H,10-13H2,1H3. The van der Waals surface area contributed by atoms with Crippen molar-refractivity contribution in [3.63, 3.8) is 0 Å². The fourth-order valence-corrected chi connectivity index (χ4v) is 3.53. The van der Waals surface area contributed by atoms with Gasteiger partial charge in [-0.2, -0.15) is 4.98 Å². The molecule has 4 rings (SSSR count). The van der Waals surface area contributed by atoms with Crippen molar-refractivity contribution in [3.8, 4) is 11.5 Å². The maximum atomic E-state index is 9.90. The Morgan fingerprint density at radius 3 is 2.80 bits per heavy atom. The van der Waals surface area contributed by atoms with E-state index in [4.69, 9.17) is 4.52 Å². The molecule has 0 radical (unpaired) electrons. The van der Waals surface area contributed by atoms with Gasteiger partial charge < -0.3 is 9.63 Å². The molecule has 1 aliphatic rings. The Morgan fingerprint density at radius 2 is 1.96 bits per heavy atom. The van der Waals surface area contributed by atoms with Crippen molar-refractivity contribution in [1.82, 2.24) is 15.0 Å². The predicted octanol–water partition coefficient (Wildman–Crippen LogP) is 3.14. The number of hydrogen-bond donors (Lipinski definition) is 1. The van der Waals surface area contributed by atoms with Gasteiger partial charge >= 0.3 is 0 Å². The van der Waals surface area contributed by atoms with Gasteiger partial charge in [0.1, 0.15) is 0 Å². The van der Waals surface area contributed by atoms with Crippen LogP contribution in [0.5, 0.6) is 0 Å². The zero-order chi connectivity index (χ0) is 17.2. The summed E-state index contributed by atoms with van der Waals surface area (Å²) in [6.07, 6.45) is 0.967. The molecule has 128 valence electrons. The molecule has 2 aromatic carbocycles. The topological polar surface area (TPSA) is 62.4 Å². The van der Waals surface area contributed by atoms with Crippen molar-refractivity contribution in [2.24, 2.45) is 0 Å². The third kappa shape index (κ3) is 3.08. The van der Waals surface area contributed by atoms with Gasteiger partial charge in [-0.3, -0.25) is 4.90 Å². The first-order valence-electron chi connectivity index (χ1n) is 8.57. The molecule has 1 N–H and O–H groups in total. The van der Waals surface area contributed by atoms with Crippen LogP contribution in [0, 0.1) is 6.92 Å². The average Bonchev–Trinajstić information content (AvgIpc) is 3.10. The van der Waals surface area contributed by atoms with Crippen LogP contribution in [-0.2, 0) is 13.0 Å². The van der Waals surface area contributed by atoms with E-state index in [0.717, 1.165) is 24.1 Å². The largest absolute Gasteiger partial charge is 0.394 e.